The summed E-state index contributed by atoms with van der Waals surface area (Å²) >= 11 is 0. The summed E-state index contributed by atoms with van der Waals surface area (Å²) in [7, 11) is 0. The summed E-state index contributed by atoms with van der Waals surface area (Å²) in [6, 6.07) is 1.59. The molecule has 7 nitrogen and oxygen atoms in total. The number of hydrogen-bond acceptors (Lipinski definition) is 6. The Morgan fingerprint density at radius 2 is 2.14 bits per heavy atom. The molecule has 7 heteroatoms. The first-order valence-corrected chi connectivity index (χ1v) is 7.38. The van der Waals surface area contributed by atoms with Gasteiger partial charge in [-0.05, 0) is 13.8 Å². The second-order valence-corrected chi connectivity index (χ2v) is 6.10. The van der Waals surface area contributed by atoms with Crippen LogP contribution in [0.5, 0.6) is 5.75 Å². The predicted octanol–water partition coefficient (Wildman–Crippen LogP) is 1.43. The van der Waals surface area contributed by atoms with E-state index in [9.17, 15) is 15.2 Å². The lowest BCUT2D eigenvalue weighted by Gasteiger charge is -2.30. The number of aliphatic hydroxyl groups excluding tert-OH is 1. The smallest absolute Gasteiger partial charge is 0.293 e. The molecule has 1 fully saturated rings. The molecule has 22 heavy (non-hydrogen) atoms. The van der Waals surface area contributed by atoms with Crippen molar-refractivity contribution in [1.29, 1.82) is 0 Å². The Kier molecular flexibility index (Phi) is 3.70. The molecule has 1 N–H and O–H groups in total. The Hall–Kier alpha value is -1.86. The number of morpholine rings is 1. The monoisotopic (exact) mass is 308 g/mol. The van der Waals surface area contributed by atoms with E-state index in [0.717, 1.165) is 11.1 Å². The number of hydrogen-bond donors (Lipinski definition) is 1. The van der Waals surface area contributed by atoms with Gasteiger partial charge >= 0.3 is 0 Å². The largest absolute Gasteiger partial charge is 0.484 e. The van der Waals surface area contributed by atoms with Crippen LogP contribution in [0, 0.1) is 17.0 Å². The Morgan fingerprint density at radius 1 is 1.45 bits per heavy atom. The third kappa shape index (κ3) is 2.40. The number of aliphatic hydroxyl groups is 1. The van der Waals surface area contributed by atoms with Crippen LogP contribution in [0.1, 0.15) is 18.1 Å². The van der Waals surface area contributed by atoms with Crippen molar-refractivity contribution in [2.75, 3.05) is 37.8 Å². The minimum Gasteiger partial charge on any atom is -0.484 e. The first-order chi connectivity index (χ1) is 10.4. The molecular formula is C15H20N2O5. The zero-order valence-corrected chi connectivity index (χ0v) is 12.8. The summed E-state index contributed by atoms with van der Waals surface area (Å²) in [5.41, 5.74) is 1.56. The lowest BCUT2D eigenvalue weighted by molar-refractivity contribution is -0.384. The van der Waals surface area contributed by atoms with Crippen molar-refractivity contribution in [2.24, 2.45) is 0 Å². The van der Waals surface area contributed by atoms with Crippen LogP contribution < -0.4 is 9.64 Å². The zero-order valence-electron chi connectivity index (χ0n) is 12.8. The molecule has 1 atom stereocenters. The van der Waals surface area contributed by atoms with Gasteiger partial charge < -0.3 is 19.5 Å². The number of nitro groups is 1. The summed E-state index contributed by atoms with van der Waals surface area (Å²) in [6.45, 7) is 5.90. The van der Waals surface area contributed by atoms with Gasteiger partial charge in [0.25, 0.3) is 5.69 Å². The van der Waals surface area contributed by atoms with E-state index in [-0.39, 0.29) is 17.2 Å². The molecule has 1 unspecified atom stereocenters. The summed E-state index contributed by atoms with van der Waals surface area (Å²) in [5.74, 6) is 0.670. The number of ether oxygens (including phenoxy) is 2. The van der Waals surface area contributed by atoms with E-state index in [2.05, 4.69) is 0 Å². The Labute approximate surface area is 128 Å². The maximum Gasteiger partial charge on any atom is 0.293 e. The second kappa shape index (κ2) is 5.40. The van der Waals surface area contributed by atoms with E-state index in [1.165, 1.54) is 0 Å². The van der Waals surface area contributed by atoms with Crippen LogP contribution in [0.2, 0.25) is 0 Å². The highest BCUT2D eigenvalue weighted by molar-refractivity contribution is 5.74. The number of nitrogens with zero attached hydrogens (tertiary/aromatic N) is 2. The highest BCUT2D eigenvalue weighted by Crippen LogP contribution is 2.46. The van der Waals surface area contributed by atoms with Gasteiger partial charge in [0.05, 0.1) is 24.7 Å². The van der Waals surface area contributed by atoms with Crippen molar-refractivity contribution in [1.82, 2.24) is 0 Å². The molecule has 0 radical (unpaired) electrons. The highest BCUT2D eigenvalue weighted by atomic mass is 16.6. The van der Waals surface area contributed by atoms with Gasteiger partial charge in [0.15, 0.2) is 0 Å². The molecule has 2 aliphatic heterocycles. The summed E-state index contributed by atoms with van der Waals surface area (Å²) in [4.78, 5) is 13.1. The van der Waals surface area contributed by atoms with Gasteiger partial charge in [-0.2, -0.15) is 0 Å². The zero-order chi connectivity index (χ0) is 15.9. The van der Waals surface area contributed by atoms with Crippen molar-refractivity contribution >= 4 is 11.4 Å². The SMILES string of the molecule is Cc1c2c(cc([N+](=O)[O-])c1N1CCOCC1)CC(C)(CO)O2. The molecule has 1 aromatic rings. The van der Waals surface area contributed by atoms with E-state index in [1.807, 2.05) is 18.7 Å². The molecule has 1 aromatic carbocycles. The average molecular weight is 308 g/mol. The fourth-order valence-corrected chi connectivity index (χ4v) is 3.21. The average Bonchev–Trinajstić information content (AvgIpc) is 2.86. The fourth-order valence-electron chi connectivity index (χ4n) is 3.21. The first kappa shape index (κ1) is 15.1. The molecule has 0 saturated carbocycles. The molecule has 2 heterocycles. The van der Waals surface area contributed by atoms with Crippen LogP contribution in [-0.4, -0.2) is 48.5 Å². The van der Waals surface area contributed by atoms with Gasteiger partial charge in [-0.25, -0.2) is 0 Å². The third-order valence-electron chi connectivity index (χ3n) is 4.31. The maximum atomic E-state index is 11.5. The van der Waals surface area contributed by atoms with Gasteiger partial charge in [-0.3, -0.25) is 10.1 Å². The Bertz CT molecular complexity index is 612. The third-order valence-corrected chi connectivity index (χ3v) is 4.31. The summed E-state index contributed by atoms with van der Waals surface area (Å²) in [6.07, 6.45) is 0.476. The van der Waals surface area contributed by atoms with Gasteiger partial charge in [0.2, 0.25) is 0 Å². The molecular weight excluding hydrogens is 288 g/mol. The van der Waals surface area contributed by atoms with Crippen LogP contribution in [0.4, 0.5) is 11.4 Å². The molecule has 0 spiro atoms. The quantitative estimate of drug-likeness (QED) is 0.671. The van der Waals surface area contributed by atoms with Gasteiger partial charge in [0, 0.05) is 36.7 Å². The fraction of sp³-hybridized carbons (Fsp3) is 0.600. The topological polar surface area (TPSA) is 85.1 Å². The number of benzene rings is 1. The standard InChI is InChI=1S/C15H20N2O5/c1-10-13(16-3-5-21-6-4-16)12(17(19)20)7-11-8-15(2,9-18)22-14(10)11/h7,18H,3-6,8-9H2,1-2H3. The predicted molar refractivity (Wildman–Crippen MR) is 80.7 cm³/mol. The minimum atomic E-state index is -0.704. The van der Waals surface area contributed by atoms with E-state index in [1.54, 1.807) is 6.07 Å². The molecule has 120 valence electrons. The number of anilines is 1. The molecule has 0 amide bonds. The van der Waals surface area contributed by atoms with Crippen molar-refractivity contribution in [2.45, 2.75) is 25.9 Å². The second-order valence-electron chi connectivity index (χ2n) is 6.10. The van der Waals surface area contributed by atoms with Crippen molar-refractivity contribution in [3.05, 3.63) is 27.3 Å². The first-order valence-electron chi connectivity index (χ1n) is 7.38. The van der Waals surface area contributed by atoms with E-state index >= 15 is 0 Å². The van der Waals surface area contributed by atoms with Crippen molar-refractivity contribution in [3.63, 3.8) is 0 Å². The highest BCUT2D eigenvalue weighted by Gasteiger charge is 2.39. The van der Waals surface area contributed by atoms with Crippen LogP contribution in [0.25, 0.3) is 0 Å². The van der Waals surface area contributed by atoms with Gasteiger partial charge in [0.1, 0.15) is 17.0 Å². The summed E-state index contributed by atoms with van der Waals surface area (Å²) < 4.78 is 11.2. The normalized spacial score (nSPS) is 24.0. The molecule has 1 saturated heterocycles. The lowest BCUT2D eigenvalue weighted by atomic mass is 9.97. The van der Waals surface area contributed by atoms with Crippen molar-refractivity contribution < 1.29 is 19.5 Å². The van der Waals surface area contributed by atoms with Gasteiger partial charge in [-0.15, -0.1) is 0 Å². The summed E-state index contributed by atoms with van der Waals surface area (Å²) in [5, 5.41) is 21.0. The number of nitro benzene ring substituents is 1. The van der Waals surface area contributed by atoms with E-state index in [4.69, 9.17) is 9.47 Å². The minimum absolute atomic E-state index is 0.101. The molecule has 2 aliphatic rings. The maximum absolute atomic E-state index is 11.5. The lowest BCUT2D eigenvalue weighted by Crippen LogP contribution is -2.37. The van der Waals surface area contributed by atoms with Crippen molar-refractivity contribution in [3.8, 4) is 5.75 Å². The molecule has 0 aromatic heterocycles. The van der Waals surface area contributed by atoms with E-state index in [0.29, 0.717) is 44.2 Å². The van der Waals surface area contributed by atoms with Crippen LogP contribution in [-0.2, 0) is 11.2 Å². The van der Waals surface area contributed by atoms with E-state index < -0.39 is 5.60 Å². The molecule has 0 bridgehead atoms. The molecule has 3 rings (SSSR count). The Balaban J connectivity index is 2.10. The van der Waals surface area contributed by atoms with Gasteiger partial charge in [-0.1, -0.05) is 0 Å². The Morgan fingerprint density at radius 3 is 2.73 bits per heavy atom. The molecule has 0 aliphatic carbocycles. The van der Waals surface area contributed by atoms with Crippen LogP contribution in [0.3, 0.4) is 0 Å². The van der Waals surface area contributed by atoms with Crippen LogP contribution in [0.15, 0.2) is 6.07 Å². The number of fused-ring (bicyclic) bond motifs is 1. The van der Waals surface area contributed by atoms with Crippen LogP contribution >= 0.6 is 0 Å². The number of rotatable bonds is 3.